The van der Waals surface area contributed by atoms with Gasteiger partial charge in [-0.05, 0) is 52.2 Å². The van der Waals surface area contributed by atoms with Gasteiger partial charge in [0.2, 0.25) is 0 Å². The van der Waals surface area contributed by atoms with Crippen LogP contribution in [0.1, 0.15) is 51.7 Å². The Balaban J connectivity index is 2.46. The minimum absolute atomic E-state index is 0.316. The molecule has 0 spiro atoms. The molecular formula is C16H22FNO2. The molecule has 0 aliphatic rings. The van der Waals surface area contributed by atoms with Crippen LogP contribution in [0.5, 0.6) is 5.75 Å². The van der Waals surface area contributed by atoms with Gasteiger partial charge in [-0.2, -0.15) is 5.26 Å². The van der Waals surface area contributed by atoms with Crippen LogP contribution in [0.2, 0.25) is 0 Å². The number of unbranched alkanes of at least 4 members (excludes halogenated alkanes) is 1. The van der Waals surface area contributed by atoms with Gasteiger partial charge in [-0.25, -0.2) is 4.39 Å². The molecule has 1 atom stereocenters. The SMILES string of the molecule is C[C@H](O)c1ccc(F)cc1OCCCCC(C)(C)C#N. The van der Waals surface area contributed by atoms with Gasteiger partial charge in [-0.3, -0.25) is 0 Å². The van der Waals surface area contributed by atoms with Crippen LogP contribution >= 0.6 is 0 Å². The predicted octanol–water partition coefficient (Wildman–Crippen LogP) is 3.98. The van der Waals surface area contributed by atoms with Gasteiger partial charge in [0.15, 0.2) is 0 Å². The smallest absolute Gasteiger partial charge is 0.127 e. The van der Waals surface area contributed by atoms with Gasteiger partial charge in [0.25, 0.3) is 0 Å². The predicted molar refractivity (Wildman–Crippen MR) is 75.8 cm³/mol. The Hall–Kier alpha value is -1.60. The molecule has 0 aromatic heterocycles. The van der Waals surface area contributed by atoms with Crippen molar-refractivity contribution in [3.05, 3.63) is 29.6 Å². The molecule has 0 aliphatic heterocycles. The molecule has 0 saturated carbocycles. The van der Waals surface area contributed by atoms with Gasteiger partial charge in [0, 0.05) is 11.6 Å². The molecular weight excluding hydrogens is 257 g/mol. The number of hydrogen-bond donors (Lipinski definition) is 1. The highest BCUT2D eigenvalue weighted by Gasteiger charge is 2.15. The normalized spacial score (nSPS) is 12.8. The van der Waals surface area contributed by atoms with E-state index in [1.807, 2.05) is 13.8 Å². The van der Waals surface area contributed by atoms with Crippen molar-refractivity contribution in [2.75, 3.05) is 6.61 Å². The van der Waals surface area contributed by atoms with Crippen molar-refractivity contribution in [1.82, 2.24) is 0 Å². The number of rotatable bonds is 7. The molecule has 0 aliphatic carbocycles. The Kier molecular flexibility index (Phi) is 5.97. The minimum atomic E-state index is -0.692. The number of halogens is 1. The van der Waals surface area contributed by atoms with Crippen LogP contribution < -0.4 is 4.74 Å². The third-order valence-corrected chi connectivity index (χ3v) is 3.18. The second-order valence-electron chi connectivity index (χ2n) is 5.66. The van der Waals surface area contributed by atoms with Crippen LogP contribution in [0.3, 0.4) is 0 Å². The maximum atomic E-state index is 13.2. The number of aliphatic hydroxyl groups is 1. The fourth-order valence-electron chi connectivity index (χ4n) is 1.89. The molecule has 0 fully saturated rings. The molecule has 0 heterocycles. The summed E-state index contributed by atoms with van der Waals surface area (Å²) in [7, 11) is 0. The summed E-state index contributed by atoms with van der Waals surface area (Å²) in [5.41, 5.74) is 0.271. The monoisotopic (exact) mass is 279 g/mol. The van der Waals surface area contributed by atoms with Crippen molar-refractivity contribution in [3.63, 3.8) is 0 Å². The minimum Gasteiger partial charge on any atom is -0.493 e. The van der Waals surface area contributed by atoms with Crippen LogP contribution in [-0.4, -0.2) is 11.7 Å². The van der Waals surface area contributed by atoms with Crippen molar-refractivity contribution in [3.8, 4) is 11.8 Å². The lowest BCUT2D eigenvalue weighted by Crippen LogP contribution is -2.09. The van der Waals surface area contributed by atoms with Gasteiger partial charge in [-0.15, -0.1) is 0 Å². The average Bonchev–Trinajstić information content (AvgIpc) is 2.38. The van der Waals surface area contributed by atoms with E-state index in [1.54, 1.807) is 6.92 Å². The van der Waals surface area contributed by atoms with Crippen LogP contribution in [-0.2, 0) is 0 Å². The first-order valence-corrected chi connectivity index (χ1v) is 6.87. The van der Waals surface area contributed by atoms with Crippen LogP contribution in [0.4, 0.5) is 4.39 Å². The zero-order valence-corrected chi connectivity index (χ0v) is 12.3. The largest absolute Gasteiger partial charge is 0.493 e. The zero-order valence-electron chi connectivity index (χ0n) is 12.3. The summed E-state index contributed by atoms with van der Waals surface area (Å²) in [4.78, 5) is 0. The van der Waals surface area contributed by atoms with Gasteiger partial charge in [-0.1, -0.05) is 0 Å². The summed E-state index contributed by atoms with van der Waals surface area (Å²) in [5, 5.41) is 18.5. The first-order chi connectivity index (χ1) is 9.35. The van der Waals surface area contributed by atoms with Crippen molar-refractivity contribution >= 4 is 0 Å². The van der Waals surface area contributed by atoms with E-state index in [0.29, 0.717) is 17.9 Å². The maximum Gasteiger partial charge on any atom is 0.127 e. The molecule has 4 heteroatoms. The average molecular weight is 279 g/mol. The Morgan fingerprint density at radius 1 is 1.40 bits per heavy atom. The lowest BCUT2D eigenvalue weighted by Gasteiger charge is -2.16. The standard InChI is InChI=1S/C16H22FNO2/c1-12(19)14-7-6-13(17)10-15(14)20-9-5-4-8-16(2,3)11-18/h6-7,10,12,19H,4-5,8-9H2,1-3H3/t12-/m0/s1. The maximum absolute atomic E-state index is 13.2. The first kappa shape index (κ1) is 16.5. The lowest BCUT2D eigenvalue weighted by atomic mass is 9.89. The Labute approximate surface area is 120 Å². The Morgan fingerprint density at radius 3 is 2.70 bits per heavy atom. The second-order valence-corrected chi connectivity index (χ2v) is 5.66. The molecule has 20 heavy (non-hydrogen) atoms. The fraction of sp³-hybridized carbons (Fsp3) is 0.562. The zero-order chi connectivity index (χ0) is 15.2. The van der Waals surface area contributed by atoms with Gasteiger partial charge in [0.05, 0.1) is 24.2 Å². The van der Waals surface area contributed by atoms with E-state index < -0.39 is 6.10 Å². The summed E-state index contributed by atoms with van der Waals surface area (Å²) in [5.74, 6) is 0.00885. The fourth-order valence-corrected chi connectivity index (χ4v) is 1.89. The number of nitriles is 1. The van der Waals surface area contributed by atoms with E-state index in [9.17, 15) is 9.50 Å². The van der Waals surface area contributed by atoms with Crippen molar-refractivity contribution in [2.45, 2.75) is 46.1 Å². The molecule has 0 unspecified atom stereocenters. The van der Waals surface area contributed by atoms with Crippen molar-refractivity contribution in [1.29, 1.82) is 5.26 Å². The molecule has 110 valence electrons. The molecule has 0 bridgehead atoms. The second kappa shape index (κ2) is 7.25. The highest BCUT2D eigenvalue weighted by molar-refractivity contribution is 5.35. The summed E-state index contributed by atoms with van der Waals surface area (Å²) >= 11 is 0. The van der Waals surface area contributed by atoms with E-state index in [4.69, 9.17) is 10.00 Å². The van der Waals surface area contributed by atoms with Gasteiger partial charge >= 0.3 is 0 Å². The third-order valence-electron chi connectivity index (χ3n) is 3.18. The molecule has 1 rings (SSSR count). The highest BCUT2D eigenvalue weighted by Crippen LogP contribution is 2.27. The quantitative estimate of drug-likeness (QED) is 0.768. The number of nitrogens with zero attached hydrogens (tertiary/aromatic N) is 1. The molecule has 1 aromatic rings. The molecule has 0 saturated heterocycles. The summed E-state index contributed by atoms with van der Waals surface area (Å²) < 4.78 is 18.7. The molecule has 0 amide bonds. The molecule has 1 aromatic carbocycles. The van der Waals surface area contributed by atoms with Crippen molar-refractivity contribution in [2.24, 2.45) is 5.41 Å². The van der Waals surface area contributed by atoms with E-state index in [1.165, 1.54) is 18.2 Å². The number of aliphatic hydroxyl groups excluding tert-OH is 1. The third kappa shape index (κ3) is 5.18. The van der Waals surface area contributed by atoms with Crippen LogP contribution in [0, 0.1) is 22.6 Å². The van der Waals surface area contributed by atoms with Crippen LogP contribution in [0.25, 0.3) is 0 Å². The Bertz CT molecular complexity index is 478. The molecule has 3 nitrogen and oxygen atoms in total. The van der Waals surface area contributed by atoms with Gasteiger partial charge in [0.1, 0.15) is 11.6 Å². The lowest BCUT2D eigenvalue weighted by molar-refractivity contribution is 0.190. The summed E-state index contributed by atoms with van der Waals surface area (Å²) in [6.45, 7) is 5.89. The van der Waals surface area contributed by atoms with E-state index in [0.717, 1.165) is 19.3 Å². The van der Waals surface area contributed by atoms with Crippen LogP contribution in [0.15, 0.2) is 18.2 Å². The highest BCUT2D eigenvalue weighted by atomic mass is 19.1. The number of benzene rings is 1. The number of hydrogen-bond acceptors (Lipinski definition) is 3. The molecule has 0 radical (unpaired) electrons. The molecule has 1 N–H and O–H groups in total. The summed E-state index contributed by atoms with van der Waals surface area (Å²) in [6.07, 6.45) is 1.78. The van der Waals surface area contributed by atoms with E-state index >= 15 is 0 Å². The first-order valence-electron chi connectivity index (χ1n) is 6.87. The van der Waals surface area contributed by atoms with E-state index in [-0.39, 0.29) is 11.2 Å². The van der Waals surface area contributed by atoms with E-state index in [2.05, 4.69) is 6.07 Å². The summed E-state index contributed by atoms with van der Waals surface area (Å²) in [6, 6.07) is 6.40. The topological polar surface area (TPSA) is 53.2 Å². The Morgan fingerprint density at radius 2 is 2.10 bits per heavy atom. The van der Waals surface area contributed by atoms with Gasteiger partial charge < -0.3 is 9.84 Å². The number of ether oxygens (including phenoxy) is 1. The van der Waals surface area contributed by atoms with Crippen molar-refractivity contribution < 1.29 is 14.2 Å².